The molecule has 3 rings (SSSR count). The minimum atomic E-state index is -3.83. The summed E-state index contributed by atoms with van der Waals surface area (Å²) in [4.78, 5) is 12.8. The number of benzene rings is 1. The van der Waals surface area contributed by atoms with Gasteiger partial charge in [-0.3, -0.25) is 4.90 Å². The SMILES string of the molecule is O=C(O)C1=NS(=O)(=O)C(CN2Cc3ccccc3C2)=C1. The molecule has 0 amide bonds. The van der Waals surface area contributed by atoms with E-state index in [2.05, 4.69) is 4.40 Å². The Labute approximate surface area is 116 Å². The summed E-state index contributed by atoms with van der Waals surface area (Å²) >= 11 is 0. The molecule has 2 heterocycles. The minimum Gasteiger partial charge on any atom is -0.476 e. The number of rotatable bonds is 3. The zero-order valence-corrected chi connectivity index (χ0v) is 11.3. The summed E-state index contributed by atoms with van der Waals surface area (Å²) < 4.78 is 26.8. The lowest BCUT2D eigenvalue weighted by Crippen LogP contribution is -2.21. The smallest absolute Gasteiger partial charge is 0.355 e. The van der Waals surface area contributed by atoms with E-state index in [1.807, 2.05) is 29.2 Å². The van der Waals surface area contributed by atoms with Gasteiger partial charge in [-0.1, -0.05) is 24.3 Å². The molecule has 104 valence electrons. The van der Waals surface area contributed by atoms with Gasteiger partial charge in [0, 0.05) is 19.6 Å². The molecule has 0 saturated heterocycles. The zero-order chi connectivity index (χ0) is 14.3. The van der Waals surface area contributed by atoms with Crippen LogP contribution in [0.15, 0.2) is 39.6 Å². The Morgan fingerprint density at radius 3 is 2.35 bits per heavy atom. The van der Waals surface area contributed by atoms with Crippen molar-refractivity contribution in [1.82, 2.24) is 4.90 Å². The zero-order valence-electron chi connectivity index (χ0n) is 10.5. The fourth-order valence-corrected chi connectivity index (χ4v) is 3.52. The third kappa shape index (κ3) is 2.25. The van der Waals surface area contributed by atoms with E-state index in [9.17, 15) is 13.2 Å². The lowest BCUT2D eigenvalue weighted by Gasteiger charge is -2.14. The van der Waals surface area contributed by atoms with Crippen LogP contribution in [-0.4, -0.2) is 36.6 Å². The summed E-state index contributed by atoms with van der Waals surface area (Å²) in [7, 11) is -3.83. The van der Waals surface area contributed by atoms with E-state index in [0.29, 0.717) is 13.1 Å². The van der Waals surface area contributed by atoms with E-state index in [1.165, 1.54) is 11.1 Å². The Morgan fingerprint density at radius 1 is 1.25 bits per heavy atom. The Hall–Kier alpha value is -1.99. The van der Waals surface area contributed by atoms with Gasteiger partial charge in [0.25, 0.3) is 10.0 Å². The molecule has 1 N–H and O–H groups in total. The van der Waals surface area contributed by atoms with E-state index in [0.717, 1.165) is 6.08 Å². The normalized spacial score (nSPS) is 20.4. The number of carboxylic acid groups (broad SMARTS) is 1. The van der Waals surface area contributed by atoms with Crippen molar-refractivity contribution >= 4 is 21.7 Å². The van der Waals surface area contributed by atoms with E-state index < -0.39 is 21.7 Å². The molecular weight excluding hydrogens is 280 g/mol. The predicted octanol–water partition coefficient (Wildman–Crippen LogP) is 0.755. The van der Waals surface area contributed by atoms with E-state index in [1.54, 1.807) is 0 Å². The molecule has 0 aliphatic carbocycles. The van der Waals surface area contributed by atoms with Crippen molar-refractivity contribution in [1.29, 1.82) is 0 Å². The number of hydrogen-bond acceptors (Lipinski definition) is 4. The van der Waals surface area contributed by atoms with Gasteiger partial charge in [-0.25, -0.2) is 4.79 Å². The highest BCUT2D eigenvalue weighted by Crippen LogP contribution is 2.26. The molecule has 0 radical (unpaired) electrons. The molecule has 0 unspecified atom stereocenters. The van der Waals surface area contributed by atoms with Crippen LogP contribution in [0.1, 0.15) is 11.1 Å². The fraction of sp³-hybridized carbons (Fsp3) is 0.231. The third-order valence-electron chi connectivity index (χ3n) is 3.35. The Bertz CT molecular complexity index is 724. The second-order valence-corrected chi connectivity index (χ2v) is 6.44. The van der Waals surface area contributed by atoms with Gasteiger partial charge in [0.05, 0.1) is 4.91 Å². The first-order valence-electron chi connectivity index (χ1n) is 6.04. The van der Waals surface area contributed by atoms with Crippen LogP contribution in [0, 0.1) is 0 Å². The average Bonchev–Trinajstić information content (AvgIpc) is 2.90. The Kier molecular flexibility index (Phi) is 2.95. The summed E-state index contributed by atoms with van der Waals surface area (Å²) in [5.41, 5.74) is 1.92. The first-order chi connectivity index (χ1) is 9.45. The van der Waals surface area contributed by atoms with Gasteiger partial charge < -0.3 is 5.11 Å². The van der Waals surface area contributed by atoms with Gasteiger partial charge in [0.15, 0.2) is 5.71 Å². The van der Waals surface area contributed by atoms with Gasteiger partial charge in [-0.15, -0.1) is 0 Å². The molecule has 0 bridgehead atoms. The third-order valence-corrected chi connectivity index (χ3v) is 4.70. The molecule has 0 atom stereocenters. The second-order valence-electron chi connectivity index (χ2n) is 4.78. The number of fused-ring (bicyclic) bond motifs is 1. The number of carbonyl (C=O) groups is 1. The molecule has 0 spiro atoms. The van der Waals surface area contributed by atoms with Crippen molar-refractivity contribution in [3.63, 3.8) is 0 Å². The predicted molar refractivity (Wildman–Crippen MR) is 72.6 cm³/mol. The van der Waals surface area contributed by atoms with Crippen molar-refractivity contribution in [3.05, 3.63) is 46.4 Å². The monoisotopic (exact) mass is 292 g/mol. The highest BCUT2D eigenvalue weighted by Gasteiger charge is 2.30. The molecule has 1 aromatic carbocycles. The fourth-order valence-electron chi connectivity index (χ4n) is 2.41. The van der Waals surface area contributed by atoms with Gasteiger partial charge in [0.1, 0.15) is 0 Å². The van der Waals surface area contributed by atoms with Crippen molar-refractivity contribution in [2.75, 3.05) is 6.54 Å². The van der Waals surface area contributed by atoms with Crippen molar-refractivity contribution in [2.24, 2.45) is 4.40 Å². The number of aliphatic carboxylic acids is 1. The summed E-state index contributed by atoms with van der Waals surface area (Å²) in [6, 6.07) is 7.90. The van der Waals surface area contributed by atoms with Crippen LogP contribution in [0.2, 0.25) is 0 Å². The van der Waals surface area contributed by atoms with Crippen LogP contribution >= 0.6 is 0 Å². The molecule has 1 aromatic rings. The summed E-state index contributed by atoms with van der Waals surface area (Å²) in [6.07, 6.45) is 1.14. The molecule has 6 nitrogen and oxygen atoms in total. The Balaban J connectivity index is 1.78. The number of carboxylic acids is 1. The van der Waals surface area contributed by atoms with Crippen molar-refractivity contribution < 1.29 is 18.3 Å². The van der Waals surface area contributed by atoms with Crippen molar-refractivity contribution in [2.45, 2.75) is 13.1 Å². The van der Waals surface area contributed by atoms with Crippen LogP contribution in [0.3, 0.4) is 0 Å². The molecule has 7 heteroatoms. The lowest BCUT2D eigenvalue weighted by molar-refractivity contribution is -0.129. The molecular formula is C13H12N2O4S. The van der Waals surface area contributed by atoms with E-state index >= 15 is 0 Å². The van der Waals surface area contributed by atoms with Gasteiger partial charge in [-0.05, 0) is 17.2 Å². The van der Waals surface area contributed by atoms with Crippen LogP contribution in [0.4, 0.5) is 0 Å². The molecule has 0 saturated carbocycles. The summed E-state index contributed by atoms with van der Waals surface area (Å²) in [5.74, 6) is -1.33. The van der Waals surface area contributed by atoms with Crippen LogP contribution < -0.4 is 0 Å². The molecule has 2 aliphatic heterocycles. The average molecular weight is 292 g/mol. The summed E-state index contributed by atoms with van der Waals surface area (Å²) in [6.45, 7) is 1.49. The van der Waals surface area contributed by atoms with Crippen LogP contribution in [0.5, 0.6) is 0 Å². The quantitative estimate of drug-likeness (QED) is 0.888. The maximum atomic E-state index is 11.8. The number of sulfonamides is 1. The largest absolute Gasteiger partial charge is 0.476 e. The topological polar surface area (TPSA) is 87.0 Å². The highest BCUT2D eigenvalue weighted by molar-refractivity contribution is 7.94. The minimum absolute atomic E-state index is 0.0442. The van der Waals surface area contributed by atoms with Crippen LogP contribution in [0.25, 0.3) is 0 Å². The van der Waals surface area contributed by atoms with E-state index in [-0.39, 0.29) is 11.4 Å². The van der Waals surface area contributed by atoms with Crippen LogP contribution in [-0.2, 0) is 27.9 Å². The maximum Gasteiger partial charge on any atom is 0.355 e. The highest BCUT2D eigenvalue weighted by atomic mass is 32.2. The number of nitrogens with zero attached hydrogens (tertiary/aromatic N) is 2. The molecule has 2 aliphatic rings. The van der Waals surface area contributed by atoms with Gasteiger partial charge >= 0.3 is 5.97 Å². The first kappa shape index (κ1) is 13.0. The van der Waals surface area contributed by atoms with Gasteiger partial charge in [0.2, 0.25) is 0 Å². The van der Waals surface area contributed by atoms with Crippen molar-refractivity contribution in [3.8, 4) is 0 Å². The molecule has 0 fully saturated rings. The standard InChI is InChI=1S/C13H12N2O4S/c16-13(17)12-5-11(20(18,19)14-12)8-15-6-9-3-1-2-4-10(9)7-15/h1-5H,6-8H2,(H,16,17). The Morgan fingerprint density at radius 2 is 1.85 bits per heavy atom. The number of hydrogen-bond donors (Lipinski definition) is 1. The van der Waals surface area contributed by atoms with E-state index in [4.69, 9.17) is 5.11 Å². The molecule has 0 aromatic heterocycles. The first-order valence-corrected chi connectivity index (χ1v) is 7.48. The molecule has 20 heavy (non-hydrogen) atoms. The van der Waals surface area contributed by atoms with Gasteiger partial charge in [-0.2, -0.15) is 12.8 Å². The maximum absolute atomic E-state index is 11.8. The second kappa shape index (κ2) is 4.53. The summed E-state index contributed by atoms with van der Waals surface area (Å²) in [5, 5.41) is 8.81. The lowest BCUT2D eigenvalue weighted by atomic mass is 10.1.